The highest BCUT2D eigenvalue weighted by Crippen LogP contribution is 2.38. The van der Waals surface area contributed by atoms with E-state index >= 15 is 0 Å². The molecule has 0 spiro atoms. The van der Waals surface area contributed by atoms with Gasteiger partial charge in [-0.1, -0.05) is 12.1 Å². The largest absolute Gasteiger partial charge is 0.493 e. The van der Waals surface area contributed by atoms with Crippen molar-refractivity contribution < 1.29 is 32.9 Å². The average molecular weight is 482 g/mol. The van der Waals surface area contributed by atoms with Crippen molar-refractivity contribution in [2.24, 2.45) is 0 Å². The number of carbonyl (C=O) groups excluding carboxylic acids is 2. The fraction of sp³-hybridized carbons (Fsp3) is 0.259. The number of rotatable bonds is 10. The minimum atomic E-state index is -0.660. The van der Waals surface area contributed by atoms with E-state index in [1.165, 1.54) is 45.6 Å². The Morgan fingerprint density at radius 1 is 0.943 bits per heavy atom. The van der Waals surface area contributed by atoms with E-state index in [-0.39, 0.29) is 18.2 Å². The van der Waals surface area contributed by atoms with Gasteiger partial charge in [-0.25, -0.2) is 9.18 Å². The second-order valence-corrected chi connectivity index (χ2v) is 7.82. The fourth-order valence-corrected chi connectivity index (χ4v) is 3.72. The minimum absolute atomic E-state index is 0.299. The van der Waals surface area contributed by atoms with Crippen LogP contribution in [0.2, 0.25) is 0 Å². The van der Waals surface area contributed by atoms with E-state index in [9.17, 15) is 14.0 Å². The summed E-state index contributed by atoms with van der Waals surface area (Å²) in [4.78, 5) is 25.0. The van der Waals surface area contributed by atoms with Crippen LogP contribution in [0.3, 0.4) is 0 Å². The van der Waals surface area contributed by atoms with Crippen LogP contribution in [0.5, 0.6) is 17.2 Å². The van der Waals surface area contributed by atoms with Gasteiger partial charge in [-0.15, -0.1) is 0 Å². The number of aromatic nitrogens is 1. The van der Waals surface area contributed by atoms with Crippen LogP contribution in [0.1, 0.15) is 32.9 Å². The number of halogens is 1. The molecule has 0 atom stereocenters. The van der Waals surface area contributed by atoms with Crippen molar-refractivity contribution in [3.63, 3.8) is 0 Å². The van der Waals surface area contributed by atoms with Gasteiger partial charge in [-0.3, -0.25) is 4.79 Å². The molecule has 0 fully saturated rings. The number of hydrogen-bond acceptors (Lipinski definition) is 6. The molecular formula is C27H28FNO6. The van der Waals surface area contributed by atoms with Gasteiger partial charge in [-0.05, 0) is 61.4 Å². The van der Waals surface area contributed by atoms with Gasteiger partial charge in [0.25, 0.3) is 0 Å². The van der Waals surface area contributed by atoms with Crippen molar-refractivity contribution in [2.75, 3.05) is 27.9 Å². The van der Waals surface area contributed by atoms with Gasteiger partial charge in [-0.2, -0.15) is 0 Å². The molecule has 0 N–H and O–H groups in total. The zero-order valence-electron chi connectivity index (χ0n) is 20.4. The Balaban J connectivity index is 1.65. The Kier molecular flexibility index (Phi) is 8.30. The highest BCUT2D eigenvalue weighted by Gasteiger charge is 2.17. The molecule has 0 saturated heterocycles. The first-order valence-corrected chi connectivity index (χ1v) is 10.9. The standard InChI is InChI=1S/C27H28FNO6/c1-17-12-22(18(2)29(17)15-19-6-9-21(28)10-7-19)23(30)16-35-26(31)11-8-20-13-24(32-3)27(34-5)25(14-20)33-4/h6-14H,15-16H2,1-5H3/b11-8+. The molecule has 0 bridgehead atoms. The quantitative estimate of drug-likeness (QED) is 0.236. The zero-order valence-corrected chi connectivity index (χ0v) is 20.4. The number of hydrogen-bond donors (Lipinski definition) is 0. The van der Waals surface area contributed by atoms with Crippen LogP contribution in [-0.4, -0.2) is 44.3 Å². The van der Waals surface area contributed by atoms with E-state index in [4.69, 9.17) is 18.9 Å². The molecule has 7 nitrogen and oxygen atoms in total. The minimum Gasteiger partial charge on any atom is -0.493 e. The van der Waals surface area contributed by atoms with Gasteiger partial charge >= 0.3 is 5.97 Å². The molecule has 3 rings (SSSR count). The lowest BCUT2D eigenvalue weighted by atomic mass is 10.1. The first kappa shape index (κ1) is 25.6. The van der Waals surface area contributed by atoms with Gasteiger partial charge in [0.05, 0.1) is 21.3 Å². The molecule has 0 unspecified atom stereocenters. The molecule has 0 amide bonds. The van der Waals surface area contributed by atoms with Gasteiger partial charge < -0.3 is 23.5 Å². The predicted molar refractivity (Wildman–Crippen MR) is 130 cm³/mol. The molecule has 184 valence electrons. The molecule has 35 heavy (non-hydrogen) atoms. The highest BCUT2D eigenvalue weighted by molar-refractivity contribution is 6.00. The third kappa shape index (κ3) is 6.09. The number of ketones is 1. The maximum Gasteiger partial charge on any atom is 0.331 e. The van der Waals surface area contributed by atoms with Crippen molar-refractivity contribution in [1.82, 2.24) is 4.57 Å². The lowest BCUT2D eigenvalue weighted by Crippen LogP contribution is -2.14. The molecule has 2 aromatic carbocycles. The topological polar surface area (TPSA) is 76.0 Å². The lowest BCUT2D eigenvalue weighted by molar-refractivity contribution is -0.136. The van der Waals surface area contributed by atoms with Crippen LogP contribution < -0.4 is 14.2 Å². The van der Waals surface area contributed by atoms with E-state index in [2.05, 4.69) is 0 Å². The number of Topliss-reactive ketones (excluding diaryl/α,β-unsaturated/α-hetero) is 1. The number of esters is 1. The fourth-order valence-electron chi connectivity index (χ4n) is 3.72. The number of nitrogens with zero attached hydrogens (tertiary/aromatic N) is 1. The van der Waals surface area contributed by atoms with Gasteiger partial charge in [0.1, 0.15) is 5.82 Å². The first-order valence-electron chi connectivity index (χ1n) is 10.9. The Labute approximate surface area is 203 Å². The number of benzene rings is 2. The summed E-state index contributed by atoms with van der Waals surface area (Å²) in [6, 6.07) is 11.4. The van der Waals surface area contributed by atoms with E-state index < -0.39 is 5.97 Å². The van der Waals surface area contributed by atoms with E-state index in [1.54, 1.807) is 30.3 Å². The predicted octanol–water partition coefficient (Wildman–Crippen LogP) is 4.76. The van der Waals surface area contributed by atoms with Crippen LogP contribution in [0, 0.1) is 19.7 Å². The molecule has 0 aliphatic heterocycles. The monoisotopic (exact) mass is 481 g/mol. The lowest BCUT2D eigenvalue weighted by Gasteiger charge is -2.12. The summed E-state index contributed by atoms with van der Waals surface area (Å²) in [7, 11) is 4.51. The van der Waals surface area contributed by atoms with E-state index in [0.29, 0.717) is 34.9 Å². The molecule has 0 aliphatic rings. The van der Waals surface area contributed by atoms with E-state index in [1.807, 2.05) is 18.4 Å². The summed E-state index contributed by atoms with van der Waals surface area (Å²) < 4.78 is 36.2. The van der Waals surface area contributed by atoms with Crippen molar-refractivity contribution in [3.05, 3.63) is 82.4 Å². The van der Waals surface area contributed by atoms with Gasteiger partial charge in [0.2, 0.25) is 11.5 Å². The molecule has 0 saturated carbocycles. The summed E-state index contributed by atoms with van der Waals surface area (Å²) >= 11 is 0. The van der Waals surface area contributed by atoms with Crippen LogP contribution in [0.25, 0.3) is 6.08 Å². The Hall–Kier alpha value is -4.07. The third-order valence-electron chi connectivity index (χ3n) is 5.57. The molecular weight excluding hydrogens is 453 g/mol. The zero-order chi connectivity index (χ0) is 25.5. The maximum absolute atomic E-state index is 13.2. The maximum atomic E-state index is 13.2. The van der Waals surface area contributed by atoms with Crippen molar-refractivity contribution in [1.29, 1.82) is 0 Å². The average Bonchev–Trinajstić information content (AvgIpc) is 3.14. The summed E-state index contributed by atoms with van der Waals surface area (Å²) in [5.41, 5.74) is 3.65. The summed E-state index contributed by atoms with van der Waals surface area (Å²) in [6.07, 6.45) is 2.76. The summed E-state index contributed by atoms with van der Waals surface area (Å²) in [6.45, 7) is 3.83. The Morgan fingerprint density at radius 3 is 2.14 bits per heavy atom. The highest BCUT2D eigenvalue weighted by atomic mass is 19.1. The normalized spacial score (nSPS) is 10.9. The number of carbonyl (C=O) groups is 2. The first-order chi connectivity index (χ1) is 16.8. The molecule has 1 aromatic heterocycles. The van der Waals surface area contributed by atoms with Gasteiger partial charge in [0.15, 0.2) is 18.1 Å². The van der Waals surface area contributed by atoms with Crippen LogP contribution >= 0.6 is 0 Å². The number of ether oxygens (including phenoxy) is 4. The van der Waals surface area contributed by atoms with Crippen molar-refractivity contribution >= 4 is 17.8 Å². The third-order valence-corrected chi connectivity index (χ3v) is 5.57. The smallest absolute Gasteiger partial charge is 0.331 e. The van der Waals surface area contributed by atoms with Crippen molar-refractivity contribution in [3.8, 4) is 17.2 Å². The van der Waals surface area contributed by atoms with Crippen LogP contribution in [0.15, 0.2) is 48.5 Å². The number of aryl methyl sites for hydroxylation is 1. The van der Waals surface area contributed by atoms with Crippen molar-refractivity contribution in [2.45, 2.75) is 20.4 Å². The number of methoxy groups -OCH3 is 3. The van der Waals surface area contributed by atoms with Gasteiger partial charge in [0, 0.05) is 29.6 Å². The molecule has 0 radical (unpaired) electrons. The van der Waals surface area contributed by atoms with E-state index in [0.717, 1.165) is 17.0 Å². The summed E-state index contributed by atoms with van der Waals surface area (Å²) in [5, 5.41) is 0. The molecule has 8 heteroatoms. The second kappa shape index (κ2) is 11.4. The Morgan fingerprint density at radius 2 is 1.57 bits per heavy atom. The second-order valence-electron chi connectivity index (χ2n) is 7.82. The Bertz CT molecular complexity index is 1220. The van der Waals surface area contributed by atoms with Crippen LogP contribution in [-0.2, 0) is 16.1 Å². The summed E-state index contributed by atoms with van der Waals surface area (Å²) in [5.74, 6) is 0.0753. The van der Waals surface area contributed by atoms with Crippen LogP contribution in [0.4, 0.5) is 4.39 Å². The SMILES string of the molecule is COc1cc(/C=C/C(=O)OCC(=O)c2cc(C)n(Cc3ccc(F)cc3)c2C)cc(OC)c1OC. The molecule has 1 heterocycles. The molecule has 3 aromatic rings. The molecule has 0 aliphatic carbocycles.